The molecule has 72 heavy (non-hydrogen) atoms. The fourth-order valence-corrected chi connectivity index (χ4v) is 11.1. The van der Waals surface area contributed by atoms with E-state index in [9.17, 15) is 0 Å². The van der Waals surface area contributed by atoms with Crippen molar-refractivity contribution in [3.8, 4) is 112 Å². The van der Waals surface area contributed by atoms with Crippen LogP contribution < -0.4 is 0 Å². The first kappa shape index (κ1) is 43.2. The Morgan fingerprint density at radius 2 is 0.500 bits per heavy atom. The van der Waals surface area contributed by atoms with Crippen LogP contribution >= 0.6 is 0 Å². The van der Waals surface area contributed by atoms with Crippen LogP contribution in [0.15, 0.2) is 231 Å². The third-order valence-corrected chi connectivity index (χ3v) is 14.9. The van der Waals surface area contributed by atoms with Crippen LogP contribution in [0, 0.1) is 0 Å². The summed E-state index contributed by atoms with van der Waals surface area (Å²) in [5.74, 6) is 0. The number of aromatic nitrogens is 4. The zero-order valence-electron chi connectivity index (χ0n) is 40.7. The molecule has 0 amide bonds. The van der Waals surface area contributed by atoms with Crippen molar-refractivity contribution >= 4 is 0 Å². The summed E-state index contributed by atoms with van der Waals surface area (Å²) in [5.41, 5.74) is 24.8. The van der Waals surface area contributed by atoms with E-state index in [4.69, 9.17) is 19.9 Å². The van der Waals surface area contributed by atoms with E-state index < -0.39 is 10.8 Å². The molecule has 3 aromatic heterocycles. The predicted molar refractivity (Wildman–Crippen MR) is 296 cm³/mol. The van der Waals surface area contributed by atoms with Crippen LogP contribution in [0.1, 0.15) is 50.2 Å². The van der Waals surface area contributed by atoms with E-state index in [1.54, 1.807) is 0 Å². The molecule has 11 aromatic rings. The standard InChI is InChI=1S/C68H50N4/c1-67(2)55-37-49(51-39-57(45-27-15-7-16-28-45)69-58(40-51)46-29-17-8-18-30-46)35-53(43-23-11-5-12-24-43)61(55)63-65(67)71-64-62-54(44-25-13-6-14-26-44)36-50(38-56(62)68(3,4)66(64)72-63)52-41-59(47-31-19-9-20-32-47)70-60(42-52)48-33-21-10-22-34-48/h5-42H,1-4H3. The highest BCUT2D eigenvalue weighted by atomic mass is 14.9. The maximum Gasteiger partial charge on any atom is 0.0940 e. The predicted octanol–water partition coefficient (Wildman–Crippen LogP) is 17.2. The summed E-state index contributed by atoms with van der Waals surface area (Å²) in [6.07, 6.45) is 0. The highest BCUT2D eigenvalue weighted by molar-refractivity contribution is 5.98. The fraction of sp³-hybridized carbons (Fsp3) is 0.0882. The lowest BCUT2D eigenvalue weighted by Gasteiger charge is -2.23. The zero-order chi connectivity index (χ0) is 48.6. The molecule has 0 bridgehead atoms. The SMILES string of the molecule is CC1(C)c2cc(-c3cc(-c4ccccc4)nc(-c4ccccc4)c3)cc(-c3ccccc3)c2-c2nc3c(nc21)-c1c(-c2ccccc2)cc(-c2cc(-c4ccccc4)nc(-c4ccccc4)c2)cc1C3(C)C. The molecule has 0 fully saturated rings. The highest BCUT2D eigenvalue weighted by Crippen LogP contribution is 2.58. The molecule has 4 nitrogen and oxygen atoms in total. The van der Waals surface area contributed by atoms with Gasteiger partial charge in [-0.05, 0) is 104 Å². The van der Waals surface area contributed by atoms with Gasteiger partial charge in [0.15, 0.2) is 0 Å². The molecule has 0 saturated heterocycles. The maximum atomic E-state index is 5.90. The third-order valence-electron chi connectivity index (χ3n) is 14.9. The van der Waals surface area contributed by atoms with Crippen molar-refractivity contribution < 1.29 is 0 Å². The monoisotopic (exact) mass is 922 g/mol. The van der Waals surface area contributed by atoms with Crippen LogP contribution in [0.2, 0.25) is 0 Å². The van der Waals surface area contributed by atoms with E-state index >= 15 is 0 Å². The number of nitrogens with zero attached hydrogens (tertiary/aromatic N) is 4. The van der Waals surface area contributed by atoms with Gasteiger partial charge >= 0.3 is 0 Å². The van der Waals surface area contributed by atoms with Crippen LogP contribution in [0.25, 0.3) is 112 Å². The first-order valence-corrected chi connectivity index (χ1v) is 24.9. The van der Waals surface area contributed by atoms with Crippen LogP contribution in [-0.2, 0) is 10.8 Å². The second-order valence-corrected chi connectivity index (χ2v) is 20.2. The topological polar surface area (TPSA) is 51.6 Å². The van der Waals surface area contributed by atoms with Crippen molar-refractivity contribution in [2.45, 2.75) is 38.5 Å². The fourth-order valence-electron chi connectivity index (χ4n) is 11.1. The number of rotatable bonds is 8. The van der Waals surface area contributed by atoms with E-state index in [-0.39, 0.29) is 0 Å². The normalized spacial score (nSPS) is 13.5. The van der Waals surface area contributed by atoms with Crippen LogP contribution in [0.4, 0.5) is 0 Å². The van der Waals surface area contributed by atoms with Gasteiger partial charge in [0, 0.05) is 44.2 Å². The lowest BCUT2D eigenvalue weighted by molar-refractivity contribution is 0.617. The van der Waals surface area contributed by atoms with Gasteiger partial charge in [-0.2, -0.15) is 0 Å². The number of benzene rings is 8. The molecule has 0 spiro atoms. The molecule has 0 radical (unpaired) electrons. The summed E-state index contributed by atoms with van der Waals surface area (Å²) < 4.78 is 0. The average Bonchev–Trinajstić information content (AvgIpc) is 3.81. The largest absolute Gasteiger partial charge is 0.248 e. The summed E-state index contributed by atoms with van der Waals surface area (Å²) in [7, 11) is 0. The Hall–Kier alpha value is -8.86. The molecule has 342 valence electrons. The quantitative estimate of drug-likeness (QED) is 0.152. The first-order valence-electron chi connectivity index (χ1n) is 24.9. The minimum atomic E-state index is -0.484. The molecule has 0 atom stereocenters. The summed E-state index contributed by atoms with van der Waals surface area (Å²) in [6.45, 7) is 9.31. The van der Waals surface area contributed by atoms with E-state index in [1.165, 1.54) is 11.1 Å². The van der Waals surface area contributed by atoms with Gasteiger partial charge in [-0.25, -0.2) is 19.9 Å². The molecule has 13 rings (SSSR count). The Kier molecular flexibility index (Phi) is 10.2. The highest BCUT2D eigenvalue weighted by Gasteiger charge is 2.46. The molecular formula is C68H50N4. The summed E-state index contributed by atoms with van der Waals surface area (Å²) >= 11 is 0. The lowest BCUT2D eigenvalue weighted by Crippen LogP contribution is -2.20. The minimum absolute atomic E-state index is 0.484. The number of hydrogen-bond donors (Lipinski definition) is 0. The van der Waals surface area contributed by atoms with Gasteiger partial charge in [0.05, 0.1) is 45.6 Å². The van der Waals surface area contributed by atoms with Crippen molar-refractivity contribution in [2.24, 2.45) is 0 Å². The van der Waals surface area contributed by atoms with Gasteiger partial charge < -0.3 is 0 Å². The van der Waals surface area contributed by atoms with E-state index in [2.05, 4.69) is 258 Å². The molecule has 3 heterocycles. The van der Waals surface area contributed by atoms with Gasteiger partial charge in [0.2, 0.25) is 0 Å². The van der Waals surface area contributed by atoms with Crippen LogP contribution in [0.5, 0.6) is 0 Å². The molecule has 8 aromatic carbocycles. The van der Waals surface area contributed by atoms with Gasteiger partial charge in [-0.1, -0.05) is 210 Å². The van der Waals surface area contributed by atoms with E-state index in [1.807, 2.05) is 0 Å². The molecule has 0 saturated carbocycles. The summed E-state index contributed by atoms with van der Waals surface area (Å²) in [5, 5.41) is 0. The van der Waals surface area contributed by atoms with Gasteiger partial charge in [0.1, 0.15) is 0 Å². The lowest BCUT2D eigenvalue weighted by atomic mass is 9.81. The molecular weight excluding hydrogens is 873 g/mol. The van der Waals surface area contributed by atoms with Crippen molar-refractivity contribution in [3.63, 3.8) is 0 Å². The molecule has 0 unspecified atom stereocenters. The first-order chi connectivity index (χ1) is 35.2. The van der Waals surface area contributed by atoms with Crippen molar-refractivity contribution in [3.05, 3.63) is 253 Å². The molecule has 4 heteroatoms. The summed E-state index contributed by atoms with van der Waals surface area (Å²) in [4.78, 5) is 22.3. The second kappa shape index (κ2) is 16.9. The van der Waals surface area contributed by atoms with Gasteiger partial charge in [0.25, 0.3) is 0 Å². The van der Waals surface area contributed by atoms with Crippen molar-refractivity contribution in [1.82, 2.24) is 19.9 Å². The van der Waals surface area contributed by atoms with Gasteiger partial charge in [-0.3, -0.25) is 0 Å². The van der Waals surface area contributed by atoms with Gasteiger partial charge in [-0.15, -0.1) is 0 Å². The Labute approximate surface area is 421 Å². The molecule has 2 aliphatic rings. The van der Waals surface area contributed by atoms with E-state index in [0.29, 0.717) is 0 Å². The van der Waals surface area contributed by atoms with Crippen LogP contribution in [-0.4, -0.2) is 19.9 Å². The second-order valence-electron chi connectivity index (χ2n) is 20.2. The Bertz CT molecular complexity index is 3490. The molecule has 0 N–H and O–H groups in total. The van der Waals surface area contributed by atoms with Crippen molar-refractivity contribution in [1.29, 1.82) is 0 Å². The smallest absolute Gasteiger partial charge is 0.0940 e. The number of hydrogen-bond acceptors (Lipinski definition) is 4. The number of pyridine rings is 2. The Morgan fingerprint density at radius 3 is 0.778 bits per heavy atom. The summed E-state index contributed by atoms with van der Waals surface area (Å²) in [6, 6.07) is 82.1. The molecule has 0 aliphatic heterocycles. The maximum absolute atomic E-state index is 5.90. The van der Waals surface area contributed by atoms with E-state index in [0.717, 1.165) is 123 Å². The third kappa shape index (κ3) is 7.21. The minimum Gasteiger partial charge on any atom is -0.248 e. The number of fused-ring (bicyclic) bond motifs is 6. The van der Waals surface area contributed by atoms with Crippen molar-refractivity contribution in [2.75, 3.05) is 0 Å². The Balaban J connectivity index is 1.01. The zero-order valence-corrected chi connectivity index (χ0v) is 40.7. The Morgan fingerprint density at radius 1 is 0.250 bits per heavy atom. The average molecular weight is 923 g/mol. The van der Waals surface area contributed by atoms with Crippen LogP contribution in [0.3, 0.4) is 0 Å². The molecule has 2 aliphatic carbocycles.